The second-order valence-electron chi connectivity index (χ2n) is 6.81. The largest absolute Gasteiger partial charge is 0.348 e. The van der Waals surface area contributed by atoms with Crippen LogP contribution in [0.25, 0.3) is 0 Å². The Bertz CT molecular complexity index is 991. The minimum absolute atomic E-state index is 0.250. The van der Waals surface area contributed by atoms with Crippen LogP contribution < -0.4 is 0 Å². The Kier molecular flexibility index (Phi) is 4.60. The monoisotopic (exact) mass is 344 g/mol. The molecule has 1 aliphatic rings. The van der Waals surface area contributed by atoms with Crippen molar-refractivity contribution < 1.29 is 4.39 Å². The molecule has 0 spiro atoms. The number of fused-ring (bicyclic) bond motifs is 1. The quantitative estimate of drug-likeness (QED) is 0.628. The standard InChI is InChI=1S/C23H21FN2/c1-18-5-2-3-7-21(18)16-25-11-12-26-15-20(14-23(26)17-25)10-9-19-6-4-8-22(24)13-19/h2-8,13-15H,11-12,16-17H2,1H3. The van der Waals surface area contributed by atoms with Gasteiger partial charge in [-0.3, -0.25) is 4.90 Å². The SMILES string of the molecule is Cc1ccccc1CN1CCn2cc(C#Cc3cccc(F)c3)cc2C1. The second kappa shape index (κ2) is 7.19. The number of rotatable bonds is 2. The summed E-state index contributed by atoms with van der Waals surface area (Å²) in [7, 11) is 0. The van der Waals surface area contributed by atoms with Gasteiger partial charge < -0.3 is 4.57 Å². The summed E-state index contributed by atoms with van der Waals surface area (Å²) in [5, 5.41) is 0. The van der Waals surface area contributed by atoms with Crippen LogP contribution in [0.1, 0.15) is 27.9 Å². The highest BCUT2D eigenvalue weighted by Gasteiger charge is 2.17. The summed E-state index contributed by atoms with van der Waals surface area (Å²) in [5.41, 5.74) is 5.71. The zero-order valence-corrected chi connectivity index (χ0v) is 14.9. The van der Waals surface area contributed by atoms with Crippen LogP contribution in [0.3, 0.4) is 0 Å². The summed E-state index contributed by atoms with van der Waals surface area (Å²) >= 11 is 0. The van der Waals surface area contributed by atoms with E-state index >= 15 is 0 Å². The number of hydrogen-bond acceptors (Lipinski definition) is 1. The first-order chi connectivity index (χ1) is 12.7. The van der Waals surface area contributed by atoms with Gasteiger partial charge in [0.05, 0.1) is 0 Å². The molecule has 0 saturated carbocycles. The molecule has 0 N–H and O–H groups in total. The summed E-state index contributed by atoms with van der Waals surface area (Å²) in [4.78, 5) is 2.47. The van der Waals surface area contributed by atoms with E-state index in [9.17, 15) is 4.39 Å². The Morgan fingerprint density at radius 3 is 2.65 bits per heavy atom. The van der Waals surface area contributed by atoms with Gasteiger partial charge in [-0.1, -0.05) is 42.2 Å². The predicted molar refractivity (Wildman–Crippen MR) is 102 cm³/mol. The predicted octanol–water partition coefficient (Wildman–Crippen LogP) is 4.35. The van der Waals surface area contributed by atoms with Crippen molar-refractivity contribution in [1.29, 1.82) is 0 Å². The Morgan fingerprint density at radius 2 is 1.81 bits per heavy atom. The molecule has 2 heterocycles. The van der Waals surface area contributed by atoms with Crippen LogP contribution in [-0.4, -0.2) is 16.0 Å². The van der Waals surface area contributed by atoms with Crippen LogP contribution in [0.4, 0.5) is 4.39 Å². The van der Waals surface area contributed by atoms with Gasteiger partial charge in [-0.2, -0.15) is 0 Å². The zero-order chi connectivity index (χ0) is 17.9. The van der Waals surface area contributed by atoms with Crippen molar-refractivity contribution in [2.24, 2.45) is 0 Å². The van der Waals surface area contributed by atoms with E-state index in [4.69, 9.17) is 0 Å². The smallest absolute Gasteiger partial charge is 0.124 e. The van der Waals surface area contributed by atoms with Crippen molar-refractivity contribution >= 4 is 0 Å². The molecule has 0 aliphatic carbocycles. The number of hydrogen-bond donors (Lipinski definition) is 0. The van der Waals surface area contributed by atoms with Crippen LogP contribution in [0, 0.1) is 24.6 Å². The Labute approximate surface area is 153 Å². The number of halogens is 1. The van der Waals surface area contributed by atoms with Crippen LogP contribution in [0.2, 0.25) is 0 Å². The van der Waals surface area contributed by atoms with Gasteiger partial charge in [-0.15, -0.1) is 0 Å². The second-order valence-corrected chi connectivity index (χ2v) is 6.81. The van der Waals surface area contributed by atoms with E-state index in [0.29, 0.717) is 5.56 Å². The molecule has 130 valence electrons. The minimum atomic E-state index is -0.250. The van der Waals surface area contributed by atoms with E-state index in [1.54, 1.807) is 6.07 Å². The van der Waals surface area contributed by atoms with Gasteiger partial charge in [0.2, 0.25) is 0 Å². The lowest BCUT2D eigenvalue weighted by Crippen LogP contribution is -2.32. The molecule has 0 bridgehead atoms. The molecule has 0 atom stereocenters. The first-order valence-electron chi connectivity index (χ1n) is 8.91. The normalized spacial score (nSPS) is 13.8. The molecule has 3 aromatic rings. The van der Waals surface area contributed by atoms with Gasteiger partial charge in [-0.05, 0) is 42.3 Å². The summed E-state index contributed by atoms with van der Waals surface area (Å²) in [6.45, 7) is 6.08. The van der Waals surface area contributed by atoms with Crippen LogP contribution in [-0.2, 0) is 19.6 Å². The molecular weight excluding hydrogens is 323 g/mol. The van der Waals surface area contributed by atoms with Crippen molar-refractivity contribution in [2.75, 3.05) is 6.54 Å². The number of benzene rings is 2. The first kappa shape index (κ1) is 16.6. The van der Waals surface area contributed by atoms with Gasteiger partial charge in [0.25, 0.3) is 0 Å². The molecule has 26 heavy (non-hydrogen) atoms. The van der Waals surface area contributed by atoms with Gasteiger partial charge >= 0.3 is 0 Å². The fraction of sp³-hybridized carbons (Fsp3) is 0.217. The average Bonchev–Trinajstić information content (AvgIpc) is 3.04. The van der Waals surface area contributed by atoms with Crippen LogP contribution in [0.15, 0.2) is 60.8 Å². The molecule has 0 amide bonds. The average molecular weight is 344 g/mol. The molecule has 2 nitrogen and oxygen atoms in total. The van der Waals surface area contributed by atoms with Gasteiger partial charge in [0, 0.05) is 49.2 Å². The molecule has 2 aromatic carbocycles. The third kappa shape index (κ3) is 3.71. The molecular formula is C23H21FN2. The highest BCUT2D eigenvalue weighted by atomic mass is 19.1. The lowest BCUT2D eigenvalue weighted by atomic mass is 10.1. The molecule has 0 unspecified atom stereocenters. The highest BCUT2D eigenvalue weighted by molar-refractivity contribution is 5.43. The van der Waals surface area contributed by atoms with Gasteiger partial charge in [-0.25, -0.2) is 4.39 Å². The van der Waals surface area contributed by atoms with E-state index in [1.807, 2.05) is 6.07 Å². The van der Waals surface area contributed by atoms with Crippen LogP contribution >= 0.6 is 0 Å². The Balaban J connectivity index is 1.48. The first-order valence-corrected chi connectivity index (χ1v) is 8.91. The summed E-state index contributed by atoms with van der Waals surface area (Å²) in [5.74, 6) is 5.97. The number of nitrogens with zero attached hydrogens (tertiary/aromatic N) is 2. The topological polar surface area (TPSA) is 8.17 Å². The summed E-state index contributed by atoms with van der Waals surface area (Å²) in [6, 6.07) is 17.1. The van der Waals surface area contributed by atoms with E-state index in [1.165, 1.54) is 29.0 Å². The fourth-order valence-electron chi connectivity index (χ4n) is 3.39. The zero-order valence-electron chi connectivity index (χ0n) is 14.9. The molecule has 0 radical (unpaired) electrons. The van der Waals surface area contributed by atoms with Crippen molar-refractivity contribution in [2.45, 2.75) is 26.6 Å². The number of aromatic nitrogens is 1. The molecule has 4 rings (SSSR count). The van der Waals surface area contributed by atoms with Crippen molar-refractivity contribution in [3.63, 3.8) is 0 Å². The van der Waals surface area contributed by atoms with E-state index < -0.39 is 0 Å². The fourth-order valence-corrected chi connectivity index (χ4v) is 3.39. The Morgan fingerprint density at radius 1 is 0.962 bits per heavy atom. The van der Waals surface area contributed by atoms with E-state index in [2.05, 4.69) is 64.8 Å². The Hall–Kier alpha value is -2.83. The summed E-state index contributed by atoms with van der Waals surface area (Å²) in [6.07, 6.45) is 2.10. The van der Waals surface area contributed by atoms with Gasteiger partial charge in [0.15, 0.2) is 0 Å². The molecule has 3 heteroatoms. The lowest BCUT2D eigenvalue weighted by Gasteiger charge is -2.28. The van der Waals surface area contributed by atoms with E-state index in [0.717, 1.165) is 31.7 Å². The maximum Gasteiger partial charge on any atom is 0.124 e. The van der Waals surface area contributed by atoms with Crippen molar-refractivity contribution in [3.05, 3.63) is 94.6 Å². The maximum atomic E-state index is 13.3. The molecule has 0 saturated heterocycles. The third-order valence-electron chi connectivity index (χ3n) is 4.86. The molecule has 0 fully saturated rings. The molecule has 1 aromatic heterocycles. The minimum Gasteiger partial charge on any atom is -0.348 e. The summed E-state index contributed by atoms with van der Waals surface area (Å²) < 4.78 is 15.5. The highest BCUT2D eigenvalue weighted by Crippen LogP contribution is 2.19. The van der Waals surface area contributed by atoms with Crippen LogP contribution in [0.5, 0.6) is 0 Å². The maximum absolute atomic E-state index is 13.3. The van der Waals surface area contributed by atoms with E-state index in [-0.39, 0.29) is 5.82 Å². The van der Waals surface area contributed by atoms with Gasteiger partial charge in [0.1, 0.15) is 5.82 Å². The van der Waals surface area contributed by atoms with Crippen molar-refractivity contribution in [3.8, 4) is 11.8 Å². The third-order valence-corrected chi connectivity index (χ3v) is 4.86. The molecule has 1 aliphatic heterocycles. The van der Waals surface area contributed by atoms with Crippen molar-refractivity contribution in [1.82, 2.24) is 9.47 Å². The number of aryl methyl sites for hydroxylation is 1. The lowest BCUT2D eigenvalue weighted by molar-refractivity contribution is 0.212.